The van der Waals surface area contributed by atoms with E-state index in [1.807, 2.05) is 41.1 Å². The molecule has 0 atom stereocenters. The zero-order valence-electron chi connectivity index (χ0n) is 13.7. The highest BCUT2D eigenvalue weighted by atomic mass is 32.2. The lowest BCUT2D eigenvalue weighted by Gasteiger charge is -2.28. The number of hydrogen-bond acceptors (Lipinski definition) is 5. The van der Waals surface area contributed by atoms with Gasteiger partial charge in [0.1, 0.15) is 5.65 Å². The molecule has 6 nitrogen and oxygen atoms in total. The molecule has 2 aromatic rings. The number of aromatic nitrogens is 2. The number of rotatable bonds is 3. The summed E-state index contributed by atoms with van der Waals surface area (Å²) in [6.07, 6.45) is 2.01. The van der Waals surface area contributed by atoms with Crippen molar-refractivity contribution in [2.45, 2.75) is 6.54 Å². The number of carbonyl (C=O) groups excluding carboxylic acids is 1. The second-order valence-electron chi connectivity index (χ2n) is 6.13. The van der Waals surface area contributed by atoms with Gasteiger partial charge in [-0.3, -0.25) is 9.69 Å². The normalized spacial score (nSPS) is 19.8. The van der Waals surface area contributed by atoms with Crippen molar-refractivity contribution in [1.82, 2.24) is 19.2 Å². The van der Waals surface area contributed by atoms with Gasteiger partial charge in [0.25, 0.3) is 5.91 Å². The van der Waals surface area contributed by atoms with Gasteiger partial charge in [0, 0.05) is 50.4 Å². The molecule has 0 aliphatic carbocycles. The van der Waals surface area contributed by atoms with Gasteiger partial charge in [0.05, 0.1) is 18.9 Å². The molecule has 128 valence electrons. The number of amides is 1. The SMILES string of the molecule is O=C(c1nc2ccccn2c1CN1CCSCC1)N1CCOCC1. The van der Waals surface area contributed by atoms with Crippen LogP contribution < -0.4 is 0 Å². The fourth-order valence-corrected chi connectivity index (χ4v) is 4.23. The molecule has 4 rings (SSSR count). The molecule has 4 heterocycles. The first kappa shape index (κ1) is 15.9. The van der Waals surface area contributed by atoms with Crippen molar-refractivity contribution in [3.63, 3.8) is 0 Å². The van der Waals surface area contributed by atoms with Crippen LogP contribution in [0.15, 0.2) is 24.4 Å². The molecule has 2 saturated heterocycles. The van der Waals surface area contributed by atoms with Gasteiger partial charge in [-0.2, -0.15) is 11.8 Å². The molecule has 2 fully saturated rings. The summed E-state index contributed by atoms with van der Waals surface area (Å²) in [7, 11) is 0. The quantitative estimate of drug-likeness (QED) is 0.840. The van der Waals surface area contributed by atoms with Crippen molar-refractivity contribution in [1.29, 1.82) is 0 Å². The summed E-state index contributed by atoms with van der Waals surface area (Å²) >= 11 is 1.99. The molecular weight excluding hydrogens is 324 g/mol. The third-order valence-corrected chi connectivity index (χ3v) is 5.55. The zero-order chi connectivity index (χ0) is 16.4. The minimum atomic E-state index is 0.0309. The molecule has 24 heavy (non-hydrogen) atoms. The molecule has 0 spiro atoms. The minimum Gasteiger partial charge on any atom is -0.378 e. The van der Waals surface area contributed by atoms with E-state index in [2.05, 4.69) is 14.3 Å². The highest BCUT2D eigenvalue weighted by Gasteiger charge is 2.26. The molecule has 2 aliphatic rings. The minimum absolute atomic E-state index is 0.0309. The van der Waals surface area contributed by atoms with Crippen LogP contribution in [0.3, 0.4) is 0 Å². The maximum atomic E-state index is 13.0. The summed E-state index contributed by atoms with van der Waals surface area (Å²) in [5, 5.41) is 0. The number of fused-ring (bicyclic) bond motifs is 1. The van der Waals surface area contributed by atoms with E-state index in [0.717, 1.165) is 42.5 Å². The molecule has 0 N–H and O–H groups in total. The van der Waals surface area contributed by atoms with Crippen molar-refractivity contribution in [3.05, 3.63) is 35.8 Å². The number of thioether (sulfide) groups is 1. The third-order valence-electron chi connectivity index (χ3n) is 4.61. The maximum Gasteiger partial charge on any atom is 0.274 e. The first-order valence-electron chi connectivity index (χ1n) is 8.46. The summed E-state index contributed by atoms with van der Waals surface area (Å²) in [6.45, 7) is 5.41. The summed E-state index contributed by atoms with van der Waals surface area (Å²) in [5.41, 5.74) is 2.45. The first-order chi connectivity index (χ1) is 11.8. The van der Waals surface area contributed by atoms with E-state index in [4.69, 9.17) is 4.74 Å². The molecule has 2 aromatic heterocycles. The Bertz CT molecular complexity index is 720. The number of ether oxygens (including phenoxy) is 1. The highest BCUT2D eigenvalue weighted by Crippen LogP contribution is 2.19. The van der Waals surface area contributed by atoms with E-state index in [1.54, 1.807) is 0 Å². The molecule has 0 bridgehead atoms. The molecule has 0 aromatic carbocycles. The molecule has 7 heteroatoms. The van der Waals surface area contributed by atoms with Crippen LogP contribution in [0.2, 0.25) is 0 Å². The Labute approximate surface area is 145 Å². The van der Waals surface area contributed by atoms with E-state index < -0.39 is 0 Å². The van der Waals surface area contributed by atoms with Crippen molar-refractivity contribution in [2.24, 2.45) is 0 Å². The summed E-state index contributed by atoms with van der Waals surface area (Å²) in [5.74, 6) is 2.34. The Morgan fingerprint density at radius 1 is 1.17 bits per heavy atom. The lowest BCUT2D eigenvalue weighted by Crippen LogP contribution is -2.41. The molecule has 2 aliphatic heterocycles. The van der Waals surface area contributed by atoms with E-state index >= 15 is 0 Å². The Morgan fingerprint density at radius 3 is 2.75 bits per heavy atom. The zero-order valence-corrected chi connectivity index (χ0v) is 14.5. The van der Waals surface area contributed by atoms with Crippen LogP contribution in [-0.4, -0.2) is 76.0 Å². The van der Waals surface area contributed by atoms with Crippen LogP contribution in [0.1, 0.15) is 16.2 Å². The van der Waals surface area contributed by atoms with E-state index in [0.29, 0.717) is 32.0 Å². The van der Waals surface area contributed by atoms with Crippen molar-refractivity contribution >= 4 is 23.3 Å². The van der Waals surface area contributed by atoms with Crippen molar-refractivity contribution in [3.8, 4) is 0 Å². The molecular formula is C17H22N4O2S. The first-order valence-corrected chi connectivity index (χ1v) is 9.61. The predicted molar refractivity (Wildman–Crippen MR) is 94.5 cm³/mol. The van der Waals surface area contributed by atoms with Gasteiger partial charge in [-0.25, -0.2) is 4.98 Å². The lowest BCUT2D eigenvalue weighted by molar-refractivity contribution is 0.0298. The van der Waals surface area contributed by atoms with Crippen molar-refractivity contribution in [2.75, 3.05) is 50.9 Å². The number of hydrogen-bond donors (Lipinski definition) is 0. The van der Waals surface area contributed by atoms with Gasteiger partial charge in [-0.15, -0.1) is 0 Å². The second-order valence-corrected chi connectivity index (χ2v) is 7.35. The van der Waals surface area contributed by atoms with Crippen LogP contribution in [0, 0.1) is 0 Å². The standard InChI is InChI=1S/C17H22N4O2S/c22-17(20-5-9-23-10-6-20)16-14(13-19-7-11-24-12-8-19)21-4-2-1-3-15(21)18-16/h1-4H,5-13H2. The van der Waals surface area contributed by atoms with Crippen LogP contribution in [0.5, 0.6) is 0 Å². The third kappa shape index (κ3) is 3.16. The Balaban J connectivity index is 1.67. The van der Waals surface area contributed by atoms with Gasteiger partial charge in [0.15, 0.2) is 5.69 Å². The predicted octanol–water partition coefficient (Wildman–Crippen LogP) is 1.36. The van der Waals surface area contributed by atoms with Gasteiger partial charge < -0.3 is 14.0 Å². The fraction of sp³-hybridized carbons (Fsp3) is 0.529. The van der Waals surface area contributed by atoms with Gasteiger partial charge >= 0.3 is 0 Å². The Hall–Kier alpha value is -1.57. The molecule has 0 radical (unpaired) electrons. The van der Waals surface area contributed by atoms with E-state index in [9.17, 15) is 4.79 Å². The summed E-state index contributed by atoms with van der Waals surface area (Å²) < 4.78 is 7.43. The van der Waals surface area contributed by atoms with Crippen LogP contribution in [0.25, 0.3) is 5.65 Å². The monoisotopic (exact) mass is 346 g/mol. The van der Waals surface area contributed by atoms with Crippen LogP contribution in [-0.2, 0) is 11.3 Å². The molecule has 1 amide bonds. The topological polar surface area (TPSA) is 50.1 Å². The van der Waals surface area contributed by atoms with Gasteiger partial charge in [-0.1, -0.05) is 6.07 Å². The Morgan fingerprint density at radius 2 is 1.96 bits per heavy atom. The number of pyridine rings is 1. The number of nitrogens with zero attached hydrogens (tertiary/aromatic N) is 4. The summed E-state index contributed by atoms with van der Waals surface area (Å²) in [4.78, 5) is 21.9. The number of morpholine rings is 1. The van der Waals surface area contributed by atoms with Gasteiger partial charge in [-0.05, 0) is 12.1 Å². The number of carbonyl (C=O) groups is 1. The van der Waals surface area contributed by atoms with Crippen molar-refractivity contribution < 1.29 is 9.53 Å². The lowest BCUT2D eigenvalue weighted by atomic mass is 10.2. The summed E-state index contributed by atoms with van der Waals surface area (Å²) in [6, 6.07) is 5.92. The Kier molecular flexibility index (Phi) is 4.73. The van der Waals surface area contributed by atoms with Crippen LogP contribution >= 0.6 is 11.8 Å². The average Bonchev–Trinajstić information content (AvgIpc) is 3.01. The maximum absolute atomic E-state index is 13.0. The average molecular weight is 346 g/mol. The second kappa shape index (κ2) is 7.13. The van der Waals surface area contributed by atoms with Gasteiger partial charge in [0.2, 0.25) is 0 Å². The van der Waals surface area contributed by atoms with Crippen LogP contribution in [0.4, 0.5) is 0 Å². The number of imidazole rings is 1. The highest BCUT2D eigenvalue weighted by molar-refractivity contribution is 7.99. The van der Waals surface area contributed by atoms with E-state index in [-0.39, 0.29) is 5.91 Å². The fourth-order valence-electron chi connectivity index (χ4n) is 3.26. The molecule has 0 saturated carbocycles. The molecule has 0 unspecified atom stereocenters. The van der Waals surface area contributed by atoms with E-state index in [1.165, 1.54) is 0 Å². The smallest absolute Gasteiger partial charge is 0.274 e. The largest absolute Gasteiger partial charge is 0.378 e.